The second-order valence-electron chi connectivity index (χ2n) is 8.88. The maximum absolute atomic E-state index is 13.0. The largest absolute Gasteiger partial charge is 0.480 e. The van der Waals surface area contributed by atoms with Crippen molar-refractivity contribution < 1.29 is 33.9 Å². The molecule has 4 atom stereocenters. The second-order valence-corrected chi connectivity index (χ2v) is 8.88. The van der Waals surface area contributed by atoms with Crippen LogP contribution in [0.15, 0.2) is 4.99 Å². The molecule has 14 N–H and O–H groups in total. The van der Waals surface area contributed by atoms with E-state index in [0.717, 1.165) is 0 Å². The normalized spacial score (nSPS) is 13.9. The molecule has 0 spiro atoms. The molecule has 0 aliphatic rings. The standard InChI is InChI=1S/C21H39N9O7/c1-10(2)8-14(20(36)37)30-18(34)12(4-3-7-27-21(25)26)29-19(35)13(5-6-15(23)31)28-17(33)11(22)9-16(24)32/h10-14H,3-9,22H2,1-2H3,(H2,23,31)(H2,24,32)(H,28,33)(H,29,35)(H,30,34)(H,36,37)(H4,25,26,27). The van der Waals surface area contributed by atoms with Crippen molar-refractivity contribution in [2.45, 2.75) is 76.5 Å². The number of carboxylic acids is 1. The minimum absolute atomic E-state index is 0.0139. The Balaban J connectivity index is 5.72. The van der Waals surface area contributed by atoms with E-state index in [4.69, 9.17) is 28.7 Å². The van der Waals surface area contributed by atoms with Crippen LogP contribution in [0, 0.1) is 5.92 Å². The summed E-state index contributed by atoms with van der Waals surface area (Å²) in [6.45, 7) is 3.69. The number of carbonyl (C=O) groups is 6. The van der Waals surface area contributed by atoms with E-state index in [9.17, 15) is 33.9 Å². The van der Waals surface area contributed by atoms with Gasteiger partial charge >= 0.3 is 5.97 Å². The highest BCUT2D eigenvalue weighted by atomic mass is 16.4. The molecule has 0 aliphatic heterocycles. The van der Waals surface area contributed by atoms with E-state index in [1.165, 1.54) is 0 Å². The number of aliphatic carboxylic acids is 1. The van der Waals surface area contributed by atoms with Gasteiger partial charge in [-0.25, -0.2) is 4.79 Å². The molecule has 0 fully saturated rings. The lowest BCUT2D eigenvalue weighted by atomic mass is 10.0. The van der Waals surface area contributed by atoms with Crippen molar-refractivity contribution in [1.29, 1.82) is 0 Å². The highest BCUT2D eigenvalue weighted by Crippen LogP contribution is 2.08. The van der Waals surface area contributed by atoms with Crippen LogP contribution in [-0.4, -0.2) is 77.3 Å². The van der Waals surface area contributed by atoms with E-state index >= 15 is 0 Å². The van der Waals surface area contributed by atoms with Gasteiger partial charge in [0.2, 0.25) is 29.5 Å². The number of carbonyl (C=O) groups excluding carboxylic acids is 5. The van der Waals surface area contributed by atoms with Gasteiger partial charge in [-0.2, -0.15) is 0 Å². The molecule has 0 heterocycles. The summed E-state index contributed by atoms with van der Waals surface area (Å²) in [7, 11) is 0. The highest BCUT2D eigenvalue weighted by molar-refractivity contribution is 5.95. The first-order valence-electron chi connectivity index (χ1n) is 11.6. The van der Waals surface area contributed by atoms with Crippen molar-refractivity contribution >= 4 is 41.5 Å². The lowest BCUT2D eigenvalue weighted by Gasteiger charge is -2.25. The maximum Gasteiger partial charge on any atom is 0.326 e. The van der Waals surface area contributed by atoms with Crippen LogP contribution < -0.4 is 44.6 Å². The molecule has 0 aromatic heterocycles. The van der Waals surface area contributed by atoms with Crippen molar-refractivity contribution in [2.24, 2.45) is 39.6 Å². The molecule has 0 saturated carbocycles. The van der Waals surface area contributed by atoms with Crippen molar-refractivity contribution in [3.05, 3.63) is 0 Å². The highest BCUT2D eigenvalue weighted by Gasteiger charge is 2.30. The van der Waals surface area contributed by atoms with Crippen LogP contribution in [0.1, 0.15) is 52.4 Å². The van der Waals surface area contributed by atoms with Crippen LogP contribution in [0.4, 0.5) is 0 Å². The molecule has 0 aliphatic carbocycles. The lowest BCUT2D eigenvalue weighted by molar-refractivity contribution is -0.142. The van der Waals surface area contributed by atoms with Gasteiger partial charge in [-0.3, -0.25) is 29.0 Å². The topological polar surface area (TPSA) is 301 Å². The summed E-state index contributed by atoms with van der Waals surface area (Å²) >= 11 is 0. The van der Waals surface area contributed by atoms with Crippen LogP contribution in [0.2, 0.25) is 0 Å². The number of rotatable bonds is 18. The Morgan fingerprint density at radius 3 is 1.76 bits per heavy atom. The van der Waals surface area contributed by atoms with E-state index in [-0.39, 0.29) is 50.5 Å². The monoisotopic (exact) mass is 529 g/mol. The Morgan fingerprint density at radius 1 is 0.784 bits per heavy atom. The molecular weight excluding hydrogens is 490 g/mol. The molecule has 37 heavy (non-hydrogen) atoms. The molecule has 0 aromatic carbocycles. The first kappa shape index (κ1) is 33.0. The van der Waals surface area contributed by atoms with Crippen LogP contribution in [0.5, 0.6) is 0 Å². The zero-order valence-corrected chi connectivity index (χ0v) is 21.1. The summed E-state index contributed by atoms with van der Waals surface area (Å²) in [6.07, 6.45) is -0.618. The lowest BCUT2D eigenvalue weighted by Crippen LogP contribution is -2.57. The number of amides is 5. The Bertz CT molecular complexity index is 859. The molecule has 0 saturated heterocycles. The number of nitrogens with zero attached hydrogens (tertiary/aromatic N) is 1. The average Bonchev–Trinajstić information content (AvgIpc) is 2.76. The molecule has 4 unspecified atom stereocenters. The van der Waals surface area contributed by atoms with E-state index in [1.54, 1.807) is 13.8 Å². The summed E-state index contributed by atoms with van der Waals surface area (Å²) < 4.78 is 0. The van der Waals surface area contributed by atoms with E-state index in [1.807, 2.05) is 0 Å². The fraction of sp³-hybridized carbons (Fsp3) is 0.667. The van der Waals surface area contributed by atoms with Crippen LogP contribution >= 0.6 is 0 Å². The number of hydrogen-bond donors (Lipinski definition) is 9. The van der Waals surface area contributed by atoms with Gasteiger partial charge in [-0.1, -0.05) is 13.8 Å². The van der Waals surface area contributed by atoms with Gasteiger partial charge in [0.1, 0.15) is 18.1 Å². The maximum atomic E-state index is 13.0. The molecule has 5 amide bonds. The Hall–Kier alpha value is -3.95. The zero-order chi connectivity index (χ0) is 28.7. The Morgan fingerprint density at radius 2 is 1.30 bits per heavy atom. The van der Waals surface area contributed by atoms with Gasteiger partial charge in [0, 0.05) is 13.0 Å². The van der Waals surface area contributed by atoms with Crippen molar-refractivity contribution in [3.63, 3.8) is 0 Å². The number of nitrogens with one attached hydrogen (secondary N) is 3. The molecule has 0 bridgehead atoms. The number of guanidine groups is 1. The minimum atomic E-state index is -1.35. The smallest absolute Gasteiger partial charge is 0.326 e. The number of aliphatic imine (C=N–C) groups is 1. The number of nitrogens with two attached hydrogens (primary N) is 5. The molecule has 210 valence electrons. The van der Waals surface area contributed by atoms with Crippen LogP contribution in [-0.2, 0) is 28.8 Å². The summed E-state index contributed by atoms with van der Waals surface area (Å²) in [5, 5.41) is 16.6. The number of hydrogen-bond acceptors (Lipinski definition) is 8. The van der Waals surface area contributed by atoms with Gasteiger partial charge in [0.15, 0.2) is 5.96 Å². The fourth-order valence-electron chi connectivity index (χ4n) is 3.15. The van der Waals surface area contributed by atoms with Crippen molar-refractivity contribution in [3.8, 4) is 0 Å². The predicted molar refractivity (Wildman–Crippen MR) is 133 cm³/mol. The Kier molecular flexibility index (Phi) is 14.9. The van der Waals surface area contributed by atoms with Gasteiger partial charge in [-0.15, -0.1) is 0 Å². The summed E-state index contributed by atoms with van der Waals surface area (Å²) in [4.78, 5) is 76.0. The van der Waals surface area contributed by atoms with E-state index in [2.05, 4.69) is 20.9 Å². The number of primary amides is 2. The van der Waals surface area contributed by atoms with Gasteiger partial charge < -0.3 is 49.7 Å². The van der Waals surface area contributed by atoms with Crippen molar-refractivity contribution in [2.75, 3.05) is 6.54 Å². The minimum Gasteiger partial charge on any atom is -0.480 e. The summed E-state index contributed by atoms with van der Waals surface area (Å²) in [5.74, 6) is -5.59. The van der Waals surface area contributed by atoms with Crippen LogP contribution in [0.25, 0.3) is 0 Å². The van der Waals surface area contributed by atoms with Crippen molar-refractivity contribution in [1.82, 2.24) is 16.0 Å². The molecule has 16 heteroatoms. The summed E-state index contributed by atoms with van der Waals surface area (Å²) in [6, 6.07) is -5.14. The molecule has 0 aromatic rings. The molecule has 0 rings (SSSR count). The first-order chi connectivity index (χ1) is 17.1. The van der Waals surface area contributed by atoms with E-state index < -0.39 is 66.1 Å². The van der Waals surface area contributed by atoms with Gasteiger partial charge in [0.25, 0.3) is 0 Å². The third kappa shape index (κ3) is 14.9. The third-order valence-electron chi connectivity index (χ3n) is 4.97. The third-order valence-corrected chi connectivity index (χ3v) is 4.97. The zero-order valence-electron chi connectivity index (χ0n) is 21.1. The molecule has 0 radical (unpaired) electrons. The second kappa shape index (κ2) is 16.7. The summed E-state index contributed by atoms with van der Waals surface area (Å²) in [5.41, 5.74) is 26.4. The van der Waals surface area contributed by atoms with Gasteiger partial charge in [-0.05, 0) is 31.6 Å². The van der Waals surface area contributed by atoms with Gasteiger partial charge in [0.05, 0.1) is 12.5 Å². The SMILES string of the molecule is CC(C)CC(NC(=O)C(CCCN=C(N)N)NC(=O)C(CCC(N)=O)NC(=O)C(N)CC(N)=O)C(=O)O. The molecule has 16 nitrogen and oxygen atoms in total. The Labute approximate surface area is 214 Å². The fourth-order valence-corrected chi connectivity index (χ4v) is 3.15. The first-order valence-corrected chi connectivity index (χ1v) is 11.6. The van der Waals surface area contributed by atoms with Crippen LogP contribution in [0.3, 0.4) is 0 Å². The number of carboxylic acid groups (broad SMARTS) is 1. The predicted octanol–water partition coefficient (Wildman–Crippen LogP) is -3.91. The molecular formula is C21H39N9O7. The quantitative estimate of drug-likeness (QED) is 0.0472. The average molecular weight is 530 g/mol. The van der Waals surface area contributed by atoms with E-state index in [0.29, 0.717) is 0 Å².